The molecule has 6 heteroatoms. The van der Waals surface area contributed by atoms with Crippen molar-refractivity contribution in [1.29, 1.82) is 0 Å². The summed E-state index contributed by atoms with van der Waals surface area (Å²) in [6, 6.07) is 4.32. The number of hydrogen-bond donors (Lipinski definition) is 1. The molecule has 0 bridgehead atoms. The van der Waals surface area contributed by atoms with Crippen LogP contribution in [0, 0.1) is 0 Å². The van der Waals surface area contributed by atoms with E-state index >= 15 is 0 Å². The number of amides is 1. The quantitative estimate of drug-likeness (QED) is 0.771. The van der Waals surface area contributed by atoms with Crippen molar-refractivity contribution in [2.75, 3.05) is 18.8 Å². The van der Waals surface area contributed by atoms with Crippen molar-refractivity contribution in [3.8, 4) is 0 Å². The fraction of sp³-hybridized carbons (Fsp3) is 0.300. The molecule has 1 aromatic carbocycles. The minimum Gasteiger partial charge on any atom is -0.399 e. The van der Waals surface area contributed by atoms with Gasteiger partial charge in [0.1, 0.15) is 0 Å². The molecule has 1 fully saturated rings. The van der Waals surface area contributed by atoms with Gasteiger partial charge in [-0.25, -0.2) is 8.78 Å². The van der Waals surface area contributed by atoms with Gasteiger partial charge >= 0.3 is 0 Å². The van der Waals surface area contributed by atoms with Crippen molar-refractivity contribution in [3.63, 3.8) is 0 Å². The van der Waals surface area contributed by atoms with Crippen molar-refractivity contribution < 1.29 is 13.6 Å². The zero-order chi connectivity index (χ0) is 11.9. The summed E-state index contributed by atoms with van der Waals surface area (Å²) in [5, 5.41) is 0.315. The molecule has 1 aliphatic rings. The predicted octanol–water partition coefficient (Wildman–Crippen LogP) is 2.01. The molecule has 0 unspecified atom stereocenters. The van der Waals surface area contributed by atoms with E-state index in [1.807, 2.05) is 0 Å². The molecule has 1 aromatic rings. The van der Waals surface area contributed by atoms with E-state index in [1.165, 1.54) is 18.2 Å². The van der Waals surface area contributed by atoms with Crippen molar-refractivity contribution >= 4 is 23.2 Å². The Morgan fingerprint density at radius 3 is 2.50 bits per heavy atom. The van der Waals surface area contributed by atoms with Crippen LogP contribution in [0.2, 0.25) is 5.02 Å². The summed E-state index contributed by atoms with van der Waals surface area (Å²) in [5.41, 5.74) is 6.08. The van der Waals surface area contributed by atoms with E-state index in [0.717, 1.165) is 4.90 Å². The summed E-state index contributed by atoms with van der Waals surface area (Å²) in [7, 11) is 0. The van der Waals surface area contributed by atoms with Crippen LogP contribution < -0.4 is 5.73 Å². The average molecular weight is 247 g/mol. The summed E-state index contributed by atoms with van der Waals surface area (Å²) in [4.78, 5) is 12.8. The highest BCUT2D eigenvalue weighted by molar-refractivity contribution is 6.31. The van der Waals surface area contributed by atoms with E-state index in [4.69, 9.17) is 17.3 Å². The molecule has 86 valence electrons. The lowest BCUT2D eigenvalue weighted by Gasteiger charge is -2.38. The molecule has 2 rings (SSSR count). The molecule has 1 aliphatic heterocycles. The third-order valence-corrected chi connectivity index (χ3v) is 2.52. The van der Waals surface area contributed by atoms with Crippen LogP contribution in [0.5, 0.6) is 0 Å². The van der Waals surface area contributed by atoms with Crippen LogP contribution >= 0.6 is 11.6 Å². The second kappa shape index (κ2) is 3.59. The molecule has 3 nitrogen and oxygen atoms in total. The van der Waals surface area contributed by atoms with Gasteiger partial charge in [-0.1, -0.05) is 11.6 Å². The zero-order valence-corrected chi connectivity index (χ0v) is 8.97. The molecule has 16 heavy (non-hydrogen) atoms. The van der Waals surface area contributed by atoms with Gasteiger partial charge < -0.3 is 10.6 Å². The Labute approximate surface area is 95.8 Å². The average Bonchev–Trinajstić information content (AvgIpc) is 2.11. The number of nitrogens with two attached hydrogens (primary N) is 1. The van der Waals surface area contributed by atoms with Gasteiger partial charge in [0.15, 0.2) is 0 Å². The van der Waals surface area contributed by atoms with Crippen LogP contribution in [-0.4, -0.2) is 29.8 Å². The van der Waals surface area contributed by atoms with Crippen LogP contribution in [-0.2, 0) is 0 Å². The molecule has 0 radical (unpaired) electrons. The monoisotopic (exact) mass is 246 g/mol. The van der Waals surface area contributed by atoms with E-state index in [-0.39, 0.29) is 5.56 Å². The topological polar surface area (TPSA) is 46.3 Å². The normalized spacial score (nSPS) is 18.1. The number of carbonyl (C=O) groups is 1. The number of nitrogens with zero attached hydrogens (tertiary/aromatic N) is 1. The van der Waals surface area contributed by atoms with Gasteiger partial charge in [0.2, 0.25) is 0 Å². The van der Waals surface area contributed by atoms with Crippen molar-refractivity contribution in [3.05, 3.63) is 28.8 Å². The number of benzene rings is 1. The first-order valence-electron chi connectivity index (χ1n) is 4.60. The number of halogens is 3. The molecule has 0 spiro atoms. The maximum atomic E-state index is 12.6. The van der Waals surface area contributed by atoms with Gasteiger partial charge in [0.05, 0.1) is 13.1 Å². The van der Waals surface area contributed by atoms with E-state index in [9.17, 15) is 13.6 Å². The first-order valence-corrected chi connectivity index (χ1v) is 4.98. The maximum absolute atomic E-state index is 12.6. The lowest BCUT2D eigenvalue weighted by atomic mass is 10.1. The lowest BCUT2D eigenvalue weighted by molar-refractivity contribution is -0.113. The van der Waals surface area contributed by atoms with Crippen LogP contribution in [0.25, 0.3) is 0 Å². The Bertz CT molecular complexity index is 422. The molecule has 0 aromatic heterocycles. The third-order valence-electron chi connectivity index (χ3n) is 2.30. The first-order chi connectivity index (χ1) is 7.37. The Kier molecular flexibility index (Phi) is 2.50. The van der Waals surface area contributed by atoms with Crippen molar-refractivity contribution in [2.45, 2.75) is 5.92 Å². The molecular formula is C10H9ClF2N2O. The molecular weight excluding hydrogens is 238 g/mol. The largest absolute Gasteiger partial charge is 0.399 e. The molecule has 1 heterocycles. The SMILES string of the molecule is Nc1cc(Cl)cc(C(=O)N2CC(F)(F)C2)c1. The summed E-state index contributed by atoms with van der Waals surface area (Å²) in [5.74, 6) is -3.24. The maximum Gasteiger partial charge on any atom is 0.282 e. The second-order valence-corrected chi connectivity index (χ2v) is 4.23. The standard InChI is InChI=1S/C10H9ClF2N2O/c11-7-1-6(2-8(14)3-7)9(16)15-4-10(12,13)5-15/h1-3H,4-5,14H2. The molecule has 0 aliphatic carbocycles. The smallest absolute Gasteiger partial charge is 0.282 e. The van der Waals surface area contributed by atoms with Gasteiger partial charge in [-0.15, -0.1) is 0 Å². The Morgan fingerprint density at radius 1 is 1.38 bits per heavy atom. The Hall–Kier alpha value is -1.36. The van der Waals surface area contributed by atoms with Gasteiger partial charge in [0, 0.05) is 16.3 Å². The fourth-order valence-corrected chi connectivity index (χ4v) is 1.82. The fourth-order valence-electron chi connectivity index (χ4n) is 1.57. The molecule has 1 saturated heterocycles. The van der Waals surface area contributed by atoms with Crippen LogP contribution in [0.1, 0.15) is 10.4 Å². The van der Waals surface area contributed by atoms with E-state index in [2.05, 4.69) is 0 Å². The summed E-state index contributed by atoms with van der Waals surface area (Å²) >= 11 is 5.72. The highest BCUT2D eigenvalue weighted by atomic mass is 35.5. The number of nitrogen functional groups attached to an aromatic ring is 1. The van der Waals surface area contributed by atoms with Crippen molar-refractivity contribution in [1.82, 2.24) is 4.90 Å². The van der Waals surface area contributed by atoms with E-state index < -0.39 is 24.9 Å². The van der Waals surface area contributed by atoms with E-state index in [1.54, 1.807) is 0 Å². The number of carbonyl (C=O) groups excluding carboxylic acids is 1. The van der Waals surface area contributed by atoms with Gasteiger partial charge in [-0.2, -0.15) is 0 Å². The van der Waals surface area contributed by atoms with Gasteiger partial charge in [-0.05, 0) is 18.2 Å². The van der Waals surface area contributed by atoms with Gasteiger partial charge in [-0.3, -0.25) is 4.79 Å². The molecule has 2 N–H and O–H groups in total. The highest BCUT2D eigenvalue weighted by Crippen LogP contribution is 2.29. The summed E-state index contributed by atoms with van der Waals surface area (Å²) in [6.45, 7) is -1.09. The zero-order valence-electron chi connectivity index (χ0n) is 8.21. The Morgan fingerprint density at radius 2 is 2.00 bits per heavy atom. The van der Waals surface area contributed by atoms with Crippen LogP contribution in [0.15, 0.2) is 18.2 Å². The predicted molar refractivity (Wildman–Crippen MR) is 56.7 cm³/mol. The second-order valence-electron chi connectivity index (χ2n) is 3.79. The highest BCUT2D eigenvalue weighted by Gasteiger charge is 2.46. The minimum atomic E-state index is -2.76. The summed E-state index contributed by atoms with van der Waals surface area (Å²) in [6.07, 6.45) is 0. The van der Waals surface area contributed by atoms with Gasteiger partial charge in [0.25, 0.3) is 11.8 Å². The van der Waals surface area contributed by atoms with Crippen molar-refractivity contribution in [2.24, 2.45) is 0 Å². The number of likely N-dealkylation sites (tertiary alicyclic amines) is 1. The third kappa shape index (κ3) is 2.09. The number of hydrogen-bond acceptors (Lipinski definition) is 2. The van der Waals surface area contributed by atoms with Crippen LogP contribution in [0.3, 0.4) is 0 Å². The first kappa shape index (κ1) is 11.1. The summed E-state index contributed by atoms with van der Waals surface area (Å²) < 4.78 is 25.2. The Balaban J connectivity index is 2.16. The minimum absolute atomic E-state index is 0.237. The van der Waals surface area contributed by atoms with Crippen LogP contribution in [0.4, 0.5) is 14.5 Å². The van der Waals surface area contributed by atoms with E-state index in [0.29, 0.717) is 10.7 Å². The number of alkyl halides is 2. The molecule has 0 saturated carbocycles. The number of anilines is 1. The molecule has 1 amide bonds. The number of rotatable bonds is 1. The lowest BCUT2D eigenvalue weighted by Crippen LogP contribution is -2.58. The molecule has 0 atom stereocenters.